The SMILES string of the molecule is Cc1nc2ncc(-c3ccn4nc(NCC(C)(C)C(F)(F)F)ncc34)cc2n1C(C)C. The summed E-state index contributed by atoms with van der Waals surface area (Å²) in [4.78, 5) is 13.2. The van der Waals surface area contributed by atoms with Crippen LogP contribution in [0.3, 0.4) is 0 Å². The third-order valence-electron chi connectivity index (χ3n) is 5.42. The molecule has 4 rings (SSSR count). The topological polar surface area (TPSA) is 72.9 Å². The monoisotopic (exact) mass is 431 g/mol. The summed E-state index contributed by atoms with van der Waals surface area (Å²) in [6.45, 7) is 8.10. The average molecular weight is 431 g/mol. The molecule has 0 saturated carbocycles. The molecule has 0 aliphatic carbocycles. The summed E-state index contributed by atoms with van der Waals surface area (Å²) in [6, 6.07) is 4.17. The van der Waals surface area contributed by atoms with E-state index in [0.29, 0.717) is 5.65 Å². The molecule has 4 heterocycles. The van der Waals surface area contributed by atoms with Crippen molar-refractivity contribution in [1.82, 2.24) is 29.1 Å². The number of aromatic nitrogens is 6. The Hall–Kier alpha value is -3.17. The Morgan fingerprint density at radius 1 is 1.10 bits per heavy atom. The van der Waals surface area contributed by atoms with E-state index in [0.717, 1.165) is 41.8 Å². The Labute approximate surface area is 177 Å². The lowest BCUT2D eigenvalue weighted by Crippen LogP contribution is -2.38. The summed E-state index contributed by atoms with van der Waals surface area (Å²) in [5.41, 5.74) is 2.23. The van der Waals surface area contributed by atoms with E-state index < -0.39 is 11.6 Å². The van der Waals surface area contributed by atoms with Gasteiger partial charge in [0.05, 0.1) is 22.6 Å². The van der Waals surface area contributed by atoms with Crippen LogP contribution in [-0.4, -0.2) is 41.9 Å². The highest BCUT2D eigenvalue weighted by molar-refractivity contribution is 5.85. The van der Waals surface area contributed by atoms with Crippen molar-refractivity contribution < 1.29 is 13.2 Å². The second-order valence-corrected chi connectivity index (χ2v) is 8.57. The third kappa shape index (κ3) is 3.70. The van der Waals surface area contributed by atoms with Crippen LogP contribution < -0.4 is 5.32 Å². The first kappa shape index (κ1) is 21.1. The molecule has 4 aromatic heterocycles. The molecule has 1 N–H and O–H groups in total. The van der Waals surface area contributed by atoms with Crippen LogP contribution in [0.4, 0.5) is 19.1 Å². The molecule has 164 valence electrons. The average Bonchev–Trinajstić information content (AvgIpc) is 3.24. The van der Waals surface area contributed by atoms with Gasteiger partial charge >= 0.3 is 6.18 Å². The van der Waals surface area contributed by atoms with Crippen molar-refractivity contribution in [2.75, 3.05) is 11.9 Å². The Morgan fingerprint density at radius 3 is 2.52 bits per heavy atom. The van der Waals surface area contributed by atoms with Gasteiger partial charge in [-0.3, -0.25) is 0 Å². The molecule has 0 fully saturated rings. The normalized spacial score (nSPS) is 12.9. The fourth-order valence-electron chi connectivity index (χ4n) is 3.52. The number of aryl methyl sites for hydroxylation is 1. The number of hydrogen-bond acceptors (Lipinski definition) is 5. The van der Waals surface area contributed by atoms with E-state index in [4.69, 9.17) is 0 Å². The maximum absolute atomic E-state index is 13.1. The first-order valence-electron chi connectivity index (χ1n) is 9.98. The minimum Gasteiger partial charge on any atom is -0.352 e. The molecule has 7 nitrogen and oxygen atoms in total. The first-order chi connectivity index (χ1) is 14.5. The fraction of sp³-hybridized carbons (Fsp3) is 0.429. The summed E-state index contributed by atoms with van der Waals surface area (Å²) < 4.78 is 42.9. The van der Waals surface area contributed by atoms with Crippen molar-refractivity contribution in [1.29, 1.82) is 0 Å². The predicted molar refractivity (Wildman–Crippen MR) is 113 cm³/mol. The van der Waals surface area contributed by atoms with Gasteiger partial charge in [-0.25, -0.2) is 19.5 Å². The van der Waals surface area contributed by atoms with Gasteiger partial charge in [-0.1, -0.05) is 0 Å². The molecule has 31 heavy (non-hydrogen) atoms. The summed E-state index contributed by atoms with van der Waals surface area (Å²) in [5, 5.41) is 7.00. The molecule has 10 heteroatoms. The lowest BCUT2D eigenvalue weighted by molar-refractivity contribution is -0.206. The first-order valence-corrected chi connectivity index (χ1v) is 9.98. The van der Waals surface area contributed by atoms with Crippen LogP contribution >= 0.6 is 0 Å². The van der Waals surface area contributed by atoms with Gasteiger partial charge in [0.1, 0.15) is 5.82 Å². The van der Waals surface area contributed by atoms with Crippen LogP contribution in [0, 0.1) is 12.3 Å². The van der Waals surface area contributed by atoms with Gasteiger partial charge in [0, 0.05) is 36.1 Å². The Bertz CT molecular complexity index is 1250. The second kappa shape index (κ2) is 7.21. The van der Waals surface area contributed by atoms with Crippen molar-refractivity contribution in [2.45, 2.75) is 46.8 Å². The smallest absolute Gasteiger partial charge is 0.352 e. The minimum atomic E-state index is -4.32. The summed E-state index contributed by atoms with van der Waals surface area (Å²) in [5.74, 6) is 1.03. The van der Waals surface area contributed by atoms with Gasteiger partial charge in [-0.2, -0.15) is 13.2 Å². The second-order valence-electron chi connectivity index (χ2n) is 8.57. The zero-order valence-electron chi connectivity index (χ0n) is 18.0. The molecule has 0 saturated heterocycles. The predicted octanol–water partition coefficient (Wildman–Crippen LogP) is 5.03. The molecule has 0 radical (unpaired) electrons. The van der Waals surface area contributed by atoms with E-state index in [1.807, 2.05) is 19.1 Å². The van der Waals surface area contributed by atoms with Crippen LogP contribution in [0.1, 0.15) is 39.6 Å². The van der Waals surface area contributed by atoms with E-state index >= 15 is 0 Å². The minimum absolute atomic E-state index is 0.133. The third-order valence-corrected chi connectivity index (χ3v) is 5.42. The van der Waals surface area contributed by atoms with E-state index in [2.05, 4.69) is 43.8 Å². The molecule has 0 amide bonds. The van der Waals surface area contributed by atoms with Gasteiger partial charge in [0.2, 0.25) is 5.95 Å². The van der Waals surface area contributed by atoms with Crippen LogP contribution in [0.25, 0.3) is 27.8 Å². The summed E-state index contributed by atoms with van der Waals surface area (Å²) in [6.07, 6.45) is 0.784. The summed E-state index contributed by atoms with van der Waals surface area (Å²) >= 11 is 0. The Balaban J connectivity index is 1.67. The van der Waals surface area contributed by atoms with Crippen LogP contribution in [-0.2, 0) is 0 Å². The van der Waals surface area contributed by atoms with Crippen LogP contribution in [0.2, 0.25) is 0 Å². The van der Waals surface area contributed by atoms with Crippen molar-refractivity contribution >= 4 is 22.6 Å². The number of alkyl halides is 3. The highest BCUT2D eigenvalue weighted by Crippen LogP contribution is 2.37. The molecule has 0 aliphatic heterocycles. The van der Waals surface area contributed by atoms with Crippen molar-refractivity contribution in [3.8, 4) is 11.1 Å². The zero-order valence-corrected chi connectivity index (χ0v) is 18.0. The lowest BCUT2D eigenvalue weighted by Gasteiger charge is -2.27. The molecule has 0 unspecified atom stereocenters. The number of rotatable bonds is 5. The van der Waals surface area contributed by atoms with Gasteiger partial charge in [-0.15, -0.1) is 5.10 Å². The number of nitrogens with zero attached hydrogens (tertiary/aromatic N) is 6. The number of imidazole rings is 1. The fourth-order valence-corrected chi connectivity index (χ4v) is 3.52. The Morgan fingerprint density at radius 2 is 1.84 bits per heavy atom. The molecule has 4 aromatic rings. The maximum atomic E-state index is 13.1. The van der Waals surface area contributed by atoms with E-state index in [-0.39, 0.29) is 18.5 Å². The molecule has 0 bridgehead atoms. The van der Waals surface area contributed by atoms with E-state index in [1.165, 1.54) is 0 Å². The molecular formula is C21H24F3N7. The number of nitrogens with one attached hydrogen (secondary N) is 1. The number of fused-ring (bicyclic) bond motifs is 2. The molecule has 0 atom stereocenters. The van der Waals surface area contributed by atoms with Gasteiger partial charge in [-0.05, 0) is 46.8 Å². The number of halogens is 3. The Kier molecular flexibility index (Phi) is 4.90. The van der Waals surface area contributed by atoms with E-state index in [1.54, 1.807) is 23.1 Å². The largest absolute Gasteiger partial charge is 0.395 e. The standard InChI is InChI=1S/C21H24F3N7/c1-12(2)31-13(3)28-18-16(31)8-14(9-25-18)15-6-7-30-17(15)10-26-19(29-30)27-11-20(4,5)21(22,23)24/h6-10,12H,11H2,1-5H3,(H,27,29). The van der Waals surface area contributed by atoms with Gasteiger partial charge < -0.3 is 9.88 Å². The maximum Gasteiger partial charge on any atom is 0.395 e. The van der Waals surface area contributed by atoms with Crippen LogP contribution in [0.15, 0.2) is 30.7 Å². The molecule has 0 aliphatic rings. The zero-order chi connectivity index (χ0) is 22.6. The van der Waals surface area contributed by atoms with E-state index in [9.17, 15) is 13.2 Å². The van der Waals surface area contributed by atoms with Crippen LogP contribution in [0.5, 0.6) is 0 Å². The number of hydrogen-bond donors (Lipinski definition) is 1. The molecular weight excluding hydrogens is 407 g/mol. The van der Waals surface area contributed by atoms with Gasteiger partial charge in [0.25, 0.3) is 0 Å². The molecule has 0 spiro atoms. The van der Waals surface area contributed by atoms with Gasteiger partial charge in [0.15, 0.2) is 5.65 Å². The lowest BCUT2D eigenvalue weighted by atomic mass is 9.93. The van der Waals surface area contributed by atoms with Crippen molar-refractivity contribution in [3.05, 3.63) is 36.5 Å². The summed E-state index contributed by atoms with van der Waals surface area (Å²) in [7, 11) is 0. The number of anilines is 1. The highest BCUT2D eigenvalue weighted by atomic mass is 19.4. The molecule has 0 aromatic carbocycles. The quantitative estimate of drug-likeness (QED) is 0.480. The van der Waals surface area contributed by atoms with Crippen molar-refractivity contribution in [2.24, 2.45) is 5.41 Å². The number of pyridine rings is 1. The van der Waals surface area contributed by atoms with Crippen molar-refractivity contribution in [3.63, 3.8) is 0 Å². The highest BCUT2D eigenvalue weighted by Gasteiger charge is 2.47.